The van der Waals surface area contributed by atoms with E-state index in [-0.39, 0.29) is 11.9 Å². The van der Waals surface area contributed by atoms with Crippen LogP contribution >= 0.6 is 0 Å². The maximum absolute atomic E-state index is 11.1. The number of aromatic nitrogens is 2. The van der Waals surface area contributed by atoms with E-state index >= 15 is 0 Å². The Balaban J connectivity index is 2.11. The maximum Gasteiger partial charge on any atom is 0.219 e. The molecule has 94 valence electrons. The molecule has 1 fully saturated rings. The molecular weight excluding hydrogens is 216 g/mol. The van der Waals surface area contributed by atoms with Crippen LogP contribution in [-0.4, -0.2) is 22.0 Å². The van der Waals surface area contributed by atoms with Gasteiger partial charge in [0.1, 0.15) is 0 Å². The van der Waals surface area contributed by atoms with Crippen molar-refractivity contribution in [2.75, 3.05) is 6.54 Å². The molecule has 1 aromatic rings. The number of hydrogen-bond acceptors (Lipinski definition) is 3. The minimum Gasteiger partial charge on any atom is -0.370 e. The first-order valence-corrected chi connectivity index (χ1v) is 6.25. The van der Waals surface area contributed by atoms with Crippen molar-refractivity contribution in [2.45, 2.75) is 44.7 Å². The molecule has 0 aromatic carbocycles. The van der Waals surface area contributed by atoms with E-state index in [2.05, 4.69) is 21.8 Å². The van der Waals surface area contributed by atoms with Crippen molar-refractivity contribution in [1.82, 2.24) is 14.9 Å². The predicted octanol–water partition coefficient (Wildman–Crippen LogP) is 1.13. The molecule has 0 spiro atoms. The highest BCUT2D eigenvalue weighted by atomic mass is 16.1. The first kappa shape index (κ1) is 12.1. The van der Waals surface area contributed by atoms with Crippen molar-refractivity contribution >= 4 is 5.91 Å². The first-order valence-electron chi connectivity index (χ1n) is 6.25. The predicted molar refractivity (Wildman–Crippen MR) is 65.3 cm³/mol. The second kappa shape index (κ2) is 5.31. The number of imidazole rings is 1. The Bertz CT molecular complexity index is 384. The van der Waals surface area contributed by atoms with Crippen LogP contribution in [0.1, 0.15) is 50.4 Å². The highest BCUT2D eigenvalue weighted by Gasteiger charge is 2.28. The van der Waals surface area contributed by atoms with Crippen molar-refractivity contribution in [3.63, 3.8) is 0 Å². The fourth-order valence-electron chi connectivity index (χ4n) is 2.04. The van der Waals surface area contributed by atoms with Crippen LogP contribution < -0.4 is 11.1 Å². The van der Waals surface area contributed by atoms with Gasteiger partial charge in [0.2, 0.25) is 5.91 Å². The average molecular weight is 236 g/mol. The molecular formula is C12H20N4O. The number of rotatable bonds is 7. The van der Waals surface area contributed by atoms with Crippen molar-refractivity contribution in [2.24, 2.45) is 5.73 Å². The van der Waals surface area contributed by atoms with Gasteiger partial charge in [0, 0.05) is 18.7 Å². The molecule has 3 N–H and O–H groups in total. The molecule has 0 aliphatic heterocycles. The third-order valence-electron chi connectivity index (χ3n) is 3.04. The summed E-state index contributed by atoms with van der Waals surface area (Å²) in [4.78, 5) is 15.3. The van der Waals surface area contributed by atoms with E-state index in [4.69, 9.17) is 5.73 Å². The molecule has 1 aromatic heterocycles. The lowest BCUT2D eigenvalue weighted by atomic mass is 10.1. The second-order valence-corrected chi connectivity index (χ2v) is 4.63. The lowest BCUT2D eigenvalue weighted by Crippen LogP contribution is -2.28. The highest BCUT2D eigenvalue weighted by Crippen LogP contribution is 2.37. The molecule has 1 unspecified atom stereocenters. The number of carbonyl (C=O) groups excluding carboxylic acids is 1. The minimum atomic E-state index is -0.276. The van der Waals surface area contributed by atoms with Crippen LogP contribution in [-0.2, 0) is 4.79 Å². The van der Waals surface area contributed by atoms with Gasteiger partial charge in [0.25, 0.3) is 0 Å². The van der Waals surface area contributed by atoms with Crippen LogP contribution in [0.5, 0.6) is 0 Å². The Hall–Kier alpha value is -1.36. The van der Waals surface area contributed by atoms with Gasteiger partial charge in [-0.3, -0.25) is 4.79 Å². The summed E-state index contributed by atoms with van der Waals surface area (Å²) >= 11 is 0. The second-order valence-electron chi connectivity index (χ2n) is 4.63. The number of hydrogen-bond donors (Lipinski definition) is 2. The summed E-state index contributed by atoms with van der Waals surface area (Å²) in [5.74, 6) is -0.276. The molecule has 1 amide bonds. The van der Waals surface area contributed by atoms with E-state index in [1.165, 1.54) is 12.8 Å². The van der Waals surface area contributed by atoms with E-state index in [1.54, 1.807) is 0 Å². The normalized spacial score (nSPS) is 17.0. The van der Waals surface area contributed by atoms with Gasteiger partial charge in [0.15, 0.2) is 0 Å². The summed E-state index contributed by atoms with van der Waals surface area (Å²) in [6.45, 7) is 2.99. The molecule has 1 aliphatic carbocycles. The van der Waals surface area contributed by atoms with Crippen LogP contribution in [0.25, 0.3) is 0 Å². The molecule has 5 heteroatoms. The molecule has 5 nitrogen and oxygen atoms in total. The number of amides is 1. The molecule has 0 bridgehead atoms. The Morgan fingerprint density at radius 1 is 1.71 bits per heavy atom. The molecule has 1 saturated carbocycles. The van der Waals surface area contributed by atoms with Gasteiger partial charge in [-0.15, -0.1) is 0 Å². The third kappa shape index (κ3) is 3.06. The molecule has 1 heterocycles. The summed E-state index contributed by atoms with van der Waals surface area (Å²) < 4.78 is 2.18. The van der Waals surface area contributed by atoms with Gasteiger partial charge >= 0.3 is 0 Å². The fraction of sp³-hybridized carbons (Fsp3) is 0.667. The highest BCUT2D eigenvalue weighted by molar-refractivity contribution is 5.74. The monoisotopic (exact) mass is 236 g/mol. The van der Waals surface area contributed by atoms with E-state index in [1.807, 2.05) is 12.5 Å². The lowest BCUT2D eigenvalue weighted by molar-refractivity contribution is -0.118. The molecule has 0 saturated heterocycles. The summed E-state index contributed by atoms with van der Waals surface area (Å²) in [5.41, 5.74) is 6.39. The van der Waals surface area contributed by atoms with Gasteiger partial charge in [-0.1, -0.05) is 6.92 Å². The lowest BCUT2D eigenvalue weighted by Gasteiger charge is -2.18. The first-order chi connectivity index (χ1) is 8.22. The summed E-state index contributed by atoms with van der Waals surface area (Å²) in [6.07, 6.45) is 7.48. The van der Waals surface area contributed by atoms with Gasteiger partial charge < -0.3 is 15.6 Å². The molecule has 17 heavy (non-hydrogen) atoms. The standard InChI is InChI=1S/C12H20N4O/c1-2-5-15-10(6-12(13)17)11-7-14-8-16(11)9-3-4-9/h7-10,15H,2-6H2,1H3,(H2,13,17). The van der Waals surface area contributed by atoms with E-state index in [0.29, 0.717) is 12.5 Å². The van der Waals surface area contributed by atoms with Crippen LogP contribution in [0.15, 0.2) is 12.5 Å². The zero-order valence-electron chi connectivity index (χ0n) is 10.2. The Morgan fingerprint density at radius 2 is 2.47 bits per heavy atom. The van der Waals surface area contributed by atoms with Crippen molar-refractivity contribution in [1.29, 1.82) is 0 Å². The maximum atomic E-state index is 11.1. The van der Waals surface area contributed by atoms with Crippen LogP contribution in [0.3, 0.4) is 0 Å². The number of nitrogens with one attached hydrogen (secondary N) is 1. The zero-order chi connectivity index (χ0) is 12.3. The minimum absolute atomic E-state index is 0.00412. The Labute approximate surface area is 101 Å². The van der Waals surface area contributed by atoms with E-state index < -0.39 is 0 Å². The van der Waals surface area contributed by atoms with Gasteiger partial charge in [-0.2, -0.15) is 0 Å². The number of carbonyl (C=O) groups is 1. The Morgan fingerprint density at radius 3 is 3.06 bits per heavy atom. The average Bonchev–Trinajstić information content (AvgIpc) is 3.02. The van der Waals surface area contributed by atoms with Crippen molar-refractivity contribution in [3.05, 3.63) is 18.2 Å². The number of nitrogens with two attached hydrogens (primary N) is 1. The smallest absolute Gasteiger partial charge is 0.219 e. The third-order valence-corrected chi connectivity index (χ3v) is 3.04. The van der Waals surface area contributed by atoms with E-state index in [9.17, 15) is 4.79 Å². The van der Waals surface area contributed by atoms with Gasteiger partial charge in [-0.05, 0) is 25.8 Å². The van der Waals surface area contributed by atoms with Gasteiger partial charge in [-0.25, -0.2) is 4.98 Å². The zero-order valence-corrected chi connectivity index (χ0v) is 10.2. The fourth-order valence-corrected chi connectivity index (χ4v) is 2.04. The molecule has 2 rings (SSSR count). The van der Waals surface area contributed by atoms with Crippen LogP contribution in [0.2, 0.25) is 0 Å². The van der Waals surface area contributed by atoms with Crippen molar-refractivity contribution in [3.8, 4) is 0 Å². The number of primary amides is 1. The van der Waals surface area contributed by atoms with Crippen molar-refractivity contribution < 1.29 is 4.79 Å². The SMILES string of the molecule is CCCNC(CC(N)=O)c1cncn1C1CC1. The summed E-state index contributed by atoms with van der Waals surface area (Å²) in [5, 5.41) is 3.36. The molecule has 1 aliphatic rings. The molecule has 0 radical (unpaired) electrons. The largest absolute Gasteiger partial charge is 0.370 e. The summed E-state index contributed by atoms with van der Waals surface area (Å²) in [7, 11) is 0. The number of nitrogens with zero attached hydrogens (tertiary/aromatic N) is 2. The summed E-state index contributed by atoms with van der Waals surface area (Å²) in [6, 6.07) is 0.571. The Kier molecular flexibility index (Phi) is 3.78. The van der Waals surface area contributed by atoms with Crippen LogP contribution in [0.4, 0.5) is 0 Å². The molecule has 1 atom stereocenters. The van der Waals surface area contributed by atoms with Crippen LogP contribution in [0, 0.1) is 0 Å². The van der Waals surface area contributed by atoms with Gasteiger partial charge in [0.05, 0.1) is 18.1 Å². The van der Waals surface area contributed by atoms with E-state index in [0.717, 1.165) is 18.7 Å². The topological polar surface area (TPSA) is 72.9 Å². The quantitative estimate of drug-likeness (QED) is 0.745.